The van der Waals surface area contributed by atoms with Crippen molar-refractivity contribution in [2.24, 2.45) is 11.7 Å². The average Bonchev–Trinajstić information content (AvgIpc) is 2.63. The second kappa shape index (κ2) is 5.60. The molecule has 0 aliphatic rings. The molecule has 3 N–H and O–H groups in total. The van der Waals surface area contributed by atoms with Gasteiger partial charge in [-0.1, -0.05) is 13.8 Å². The molecule has 1 rings (SSSR count). The quantitative estimate of drug-likeness (QED) is 0.742. The van der Waals surface area contributed by atoms with Crippen LogP contribution in [0, 0.1) is 5.92 Å². The summed E-state index contributed by atoms with van der Waals surface area (Å²) < 4.78 is 1.49. The molecule has 1 heterocycles. The zero-order valence-corrected chi connectivity index (χ0v) is 9.97. The molecule has 0 radical (unpaired) electrons. The van der Waals surface area contributed by atoms with E-state index < -0.39 is 0 Å². The number of hydrogen-bond donors (Lipinski definition) is 2. The van der Waals surface area contributed by atoms with Crippen molar-refractivity contribution >= 4 is 5.91 Å². The number of aromatic nitrogens is 3. The van der Waals surface area contributed by atoms with Crippen LogP contribution in [0.3, 0.4) is 0 Å². The van der Waals surface area contributed by atoms with Gasteiger partial charge in [0.15, 0.2) is 5.82 Å². The molecule has 0 aliphatic heterocycles. The summed E-state index contributed by atoms with van der Waals surface area (Å²) in [5.74, 6) is 0.936. The zero-order valence-electron chi connectivity index (χ0n) is 9.97. The van der Waals surface area contributed by atoms with Crippen LogP contribution in [0.2, 0.25) is 0 Å². The Labute approximate surface area is 95.2 Å². The first kappa shape index (κ1) is 12.6. The van der Waals surface area contributed by atoms with Crippen molar-refractivity contribution in [1.82, 2.24) is 20.1 Å². The van der Waals surface area contributed by atoms with Crippen LogP contribution in [-0.2, 0) is 11.3 Å². The van der Waals surface area contributed by atoms with Gasteiger partial charge in [-0.05, 0) is 12.8 Å². The van der Waals surface area contributed by atoms with E-state index in [1.807, 2.05) is 13.8 Å². The maximum atomic E-state index is 11.5. The highest BCUT2D eigenvalue weighted by molar-refractivity contribution is 5.75. The molecule has 1 aromatic rings. The molecule has 90 valence electrons. The number of carbonyl (C=O) groups is 1. The molecule has 1 unspecified atom stereocenters. The second-order valence-corrected chi connectivity index (χ2v) is 4.29. The van der Waals surface area contributed by atoms with Crippen molar-refractivity contribution in [2.45, 2.75) is 33.4 Å². The van der Waals surface area contributed by atoms with E-state index in [4.69, 9.17) is 5.73 Å². The lowest BCUT2D eigenvalue weighted by Gasteiger charge is -2.07. The van der Waals surface area contributed by atoms with Gasteiger partial charge in [0.1, 0.15) is 12.9 Å². The highest BCUT2D eigenvalue weighted by atomic mass is 16.2. The minimum Gasteiger partial charge on any atom is -0.354 e. The minimum absolute atomic E-state index is 0.0603. The maximum Gasteiger partial charge on any atom is 0.241 e. The van der Waals surface area contributed by atoms with Crippen molar-refractivity contribution in [3.05, 3.63) is 12.2 Å². The Bertz CT molecular complexity index is 345. The van der Waals surface area contributed by atoms with E-state index in [1.54, 1.807) is 6.92 Å². The molecule has 0 saturated heterocycles. The third-order valence-corrected chi connectivity index (χ3v) is 1.97. The number of amides is 1. The molecule has 0 bridgehead atoms. The van der Waals surface area contributed by atoms with Gasteiger partial charge < -0.3 is 11.1 Å². The van der Waals surface area contributed by atoms with Crippen LogP contribution < -0.4 is 11.1 Å². The predicted molar refractivity (Wildman–Crippen MR) is 60.5 cm³/mol. The Hall–Kier alpha value is -1.43. The smallest absolute Gasteiger partial charge is 0.241 e. The van der Waals surface area contributed by atoms with Crippen LogP contribution in [-0.4, -0.2) is 27.2 Å². The van der Waals surface area contributed by atoms with E-state index in [0.717, 1.165) is 0 Å². The van der Waals surface area contributed by atoms with Crippen LogP contribution in [0.5, 0.6) is 0 Å². The maximum absolute atomic E-state index is 11.5. The highest BCUT2D eigenvalue weighted by Crippen LogP contribution is 2.00. The van der Waals surface area contributed by atoms with Gasteiger partial charge in [-0.15, -0.1) is 0 Å². The first-order chi connectivity index (χ1) is 7.49. The number of carbonyl (C=O) groups excluding carboxylic acids is 1. The van der Waals surface area contributed by atoms with Gasteiger partial charge in [0, 0.05) is 6.54 Å². The van der Waals surface area contributed by atoms with Gasteiger partial charge in [0.05, 0.1) is 6.04 Å². The third kappa shape index (κ3) is 3.98. The van der Waals surface area contributed by atoms with Crippen LogP contribution in [0.4, 0.5) is 0 Å². The molecule has 1 atom stereocenters. The molecule has 0 spiro atoms. The predicted octanol–water partition coefficient (Wildman–Crippen LogP) is 0.0700. The molecular weight excluding hydrogens is 206 g/mol. The highest BCUT2D eigenvalue weighted by Gasteiger charge is 2.08. The van der Waals surface area contributed by atoms with E-state index in [1.165, 1.54) is 11.0 Å². The molecule has 6 heteroatoms. The molecule has 6 nitrogen and oxygen atoms in total. The summed E-state index contributed by atoms with van der Waals surface area (Å²) in [6.07, 6.45) is 1.52. The number of nitrogens with zero attached hydrogens (tertiary/aromatic N) is 3. The van der Waals surface area contributed by atoms with Gasteiger partial charge in [-0.2, -0.15) is 5.10 Å². The SMILES string of the molecule is CC(C)CNC(=O)Cn1cnc(C(C)N)n1. The standard InChI is InChI=1S/C10H19N5O/c1-7(2)4-12-9(16)5-15-6-13-10(14-15)8(3)11/h6-8H,4-5,11H2,1-3H3,(H,12,16). The van der Waals surface area contributed by atoms with E-state index in [0.29, 0.717) is 18.3 Å². The number of hydrogen-bond acceptors (Lipinski definition) is 4. The number of nitrogens with two attached hydrogens (primary N) is 1. The summed E-state index contributed by atoms with van der Waals surface area (Å²) in [6, 6.07) is -0.208. The summed E-state index contributed by atoms with van der Waals surface area (Å²) in [5, 5.41) is 6.91. The molecule has 0 aliphatic carbocycles. The Morgan fingerprint density at radius 1 is 1.56 bits per heavy atom. The lowest BCUT2D eigenvalue weighted by molar-refractivity contribution is -0.122. The van der Waals surface area contributed by atoms with Gasteiger partial charge in [-0.25, -0.2) is 9.67 Å². The fourth-order valence-electron chi connectivity index (χ4n) is 1.11. The van der Waals surface area contributed by atoms with Crippen LogP contribution >= 0.6 is 0 Å². The fraction of sp³-hybridized carbons (Fsp3) is 0.700. The molecule has 16 heavy (non-hydrogen) atoms. The van der Waals surface area contributed by atoms with E-state index in [2.05, 4.69) is 15.4 Å². The molecule has 0 aromatic carbocycles. The third-order valence-electron chi connectivity index (χ3n) is 1.97. The van der Waals surface area contributed by atoms with Crippen LogP contribution in [0.1, 0.15) is 32.6 Å². The monoisotopic (exact) mass is 225 g/mol. The number of rotatable bonds is 5. The van der Waals surface area contributed by atoms with Crippen LogP contribution in [0.15, 0.2) is 6.33 Å². The van der Waals surface area contributed by atoms with Gasteiger partial charge >= 0.3 is 0 Å². The van der Waals surface area contributed by atoms with E-state index in [-0.39, 0.29) is 18.5 Å². The second-order valence-electron chi connectivity index (χ2n) is 4.29. The first-order valence-electron chi connectivity index (χ1n) is 5.40. The molecule has 1 aromatic heterocycles. The van der Waals surface area contributed by atoms with E-state index in [9.17, 15) is 4.79 Å². The van der Waals surface area contributed by atoms with Gasteiger partial charge in [-0.3, -0.25) is 4.79 Å². The first-order valence-corrected chi connectivity index (χ1v) is 5.40. The summed E-state index contributed by atoms with van der Waals surface area (Å²) in [4.78, 5) is 15.5. The fourth-order valence-corrected chi connectivity index (χ4v) is 1.11. The molecule has 0 fully saturated rings. The normalized spacial score (nSPS) is 12.8. The van der Waals surface area contributed by atoms with Crippen molar-refractivity contribution in [2.75, 3.05) is 6.54 Å². The molecular formula is C10H19N5O. The molecule has 0 saturated carbocycles. The lowest BCUT2D eigenvalue weighted by Crippen LogP contribution is -2.30. The van der Waals surface area contributed by atoms with Crippen molar-refractivity contribution in [3.8, 4) is 0 Å². The van der Waals surface area contributed by atoms with Crippen molar-refractivity contribution in [3.63, 3.8) is 0 Å². The van der Waals surface area contributed by atoms with Crippen molar-refractivity contribution in [1.29, 1.82) is 0 Å². The largest absolute Gasteiger partial charge is 0.354 e. The Morgan fingerprint density at radius 2 is 2.25 bits per heavy atom. The Kier molecular flexibility index (Phi) is 4.42. The zero-order chi connectivity index (χ0) is 12.1. The summed E-state index contributed by atoms with van der Waals surface area (Å²) in [7, 11) is 0. The van der Waals surface area contributed by atoms with Gasteiger partial charge in [0.2, 0.25) is 5.91 Å². The van der Waals surface area contributed by atoms with Crippen molar-refractivity contribution < 1.29 is 4.79 Å². The summed E-state index contributed by atoms with van der Waals surface area (Å²) >= 11 is 0. The summed E-state index contributed by atoms with van der Waals surface area (Å²) in [6.45, 7) is 6.76. The Balaban J connectivity index is 2.43. The number of nitrogens with one attached hydrogen (secondary N) is 1. The Morgan fingerprint density at radius 3 is 2.75 bits per heavy atom. The average molecular weight is 225 g/mol. The topological polar surface area (TPSA) is 85.8 Å². The summed E-state index contributed by atoms with van der Waals surface area (Å²) in [5.41, 5.74) is 5.62. The lowest BCUT2D eigenvalue weighted by atomic mass is 10.2. The minimum atomic E-state index is -0.208. The van der Waals surface area contributed by atoms with Gasteiger partial charge in [0.25, 0.3) is 0 Å². The van der Waals surface area contributed by atoms with E-state index >= 15 is 0 Å². The van der Waals surface area contributed by atoms with Crippen LogP contribution in [0.25, 0.3) is 0 Å². The molecule has 1 amide bonds.